The lowest BCUT2D eigenvalue weighted by Gasteiger charge is -2.15. The highest BCUT2D eigenvalue weighted by Crippen LogP contribution is 2.40. The first-order valence-corrected chi connectivity index (χ1v) is 8.63. The Balaban J connectivity index is 2.02. The van der Waals surface area contributed by atoms with Crippen LogP contribution in [0, 0.1) is 0 Å². The molecule has 0 bridgehead atoms. The monoisotopic (exact) mass is 447 g/mol. The summed E-state index contributed by atoms with van der Waals surface area (Å²) in [5.74, 6) is -0.00132. The molecule has 108 valence electrons. The Morgan fingerprint density at radius 1 is 1.14 bits per heavy atom. The zero-order valence-electron chi connectivity index (χ0n) is 10.6. The van der Waals surface area contributed by atoms with Crippen molar-refractivity contribution >= 4 is 66.7 Å². The summed E-state index contributed by atoms with van der Waals surface area (Å²) >= 11 is 19.5. The lowest BCUT2D eigenvalue weighted by Crippen LogP contribution is -2.03. The number of rotatable bonds is 2. The van der Waals surface area contributed by atoms with E-state index in [0.29, 0.717) is 16.5 Å². The van der Waals surface area contributed by atoms with Crippen molar-refractivity contribution in [1.82, 2.24) is 0 Å². The number of carbonyl (C=O) groups excluding carboxylic acids is 1. The number of hydrogen-bond acceptors (Lipinski definition) is 1. The molecule has 1 aliphatic heterocycles. The van der Waals surface area contributed by atoms with Crippen molar-refractivity contribution in [3.05, 3.63) is 61.5 Å². The molecule has 0 aromatic heterocycles. The molecule has 6 heteroatoms. The Bertz CT molecular complexity index is 749. The fourth-order valence-corrected chi connectivity index (χ4v) is 3.89. The van der Waals surface area contributed by atoms with Crippen LogP contribution in [0.5, 0.6) is 0 Å². The van der Waals surface area contributed by atoms with Crippen molar-refractivity contribution in [2.75, 3.05) is 5.32 Å². The zero-order chi connectivity index (χ0) is 15.1. The van der Waals surface area contributed by atoms with Gasteiger partial charge in [-0.2, -0.15) is 0 Å². The molecule has 2 aromatic carbocycles. The first-order chi connectivity index (χ1) is 9.95. The van der Waals surface area contributed by atoms with Crippen LogP contribution in [0.2, 0.25) is 10.0 Å². The summed E-state index contributed by atoms with van der Waals surface area (Å²) < 4.78 is 0.834. The highest BCUT2D eigenvalue weighted by Gasteiger charge is 2.22. The lowest BCUT2D eigenvalue weighted by atomic mass is 10.0. The van der Waals surface area contributed by atoms with Gasteiger partial charge in [0, 0.05) is 15.2 Å². The van der Waals surface area contributed by atoms with Crippen LogP contribution in [0.4, 0.5) is 5.69 Å². The van der Waals surface area contributed by atoms with Crippen LogP contribution in [0.3, 0.4) is 0 Å². The molecule has 1 amide bonds. The molecule has 0 spiro atoms. The van der Waals surface area contributed by atoms with E-state index in [2.05, 4.69) is 37.2 Å². The molecule has 0 aliphatic carbocycles. The Kier molecular flexibility index (Phi) is 4.33. The third-order valence-corrected chi connectivity index (χ3v) is 5.92. The number of nitrogens with one attached hydrogen (secondary N) is 1. The van der Waals surface area contributed by atoms with Crippen LogP contribution in [-0.2, 0) is 11.2 Å². The summed E-state index contributed by atoms with van der Waals surface area (Å²) in [5, 5.41) is 4.07. The minimum absolute atomic E-state index is 0.00132. The number of halogens is 4. The van der Waals surface area contributed by atoms with E-state index in [0.717, 1.165) is 26.9 Å². The average molecular weight is 450 g/mol. The van der Waals surface area contributed by atoms with Gasteiger partial charge in [-0.25, -0.2) is 0 Å². The molecule has 2 nitrogen and oxygen atoms in total. The molecule has 0 saturated carbocycles. The van der Waals surface area contributed by atoms with Gasteiger partial charge in [-0.05, 0) is 50.8 Å². The standard InChI is InChI=1S/C15H9Br2Cl2NO/c16-10-4-7(1-2-11(10)18)15(17)9-3-8-5-14(21)20-13(8)6-12(9)19/h1-4,6,15H,5H2,(H,20,21). The van der Waals surface area contributed by atoms with E-state index in [1.54, 1.807) is 6.07 Å². The third kappa shape index (κ3) is 3.00. The number of anilines is 1. The van der Waals surface area contributed by atoms with Crippen LogP contribution in [0.15, 0.2) is 34.8 Å². The molecule has 1 heterocycles. The molecule has 0 saturated heterocycles. The van der Waals surface area contributed by atoms with Crippen LogP contribution >= 0.6 is 55.1 Å². The first-order valence-electron chi connectivity index (χ1n) is 6.17. The summed E-state index contributed by atoms with van der Waals surface area (Å²) in [6.45, 7) is 0. The van der Waals surface area contributed by atoms with Gasteiger partial charge >= 0.3 is 0 Å². The molecular weight excluding hydrogens is 441 g/mol. The lowest BCUT2D eigenvalue weighted by molar-refractivity contribution is -0.115. The fourth-order valence-electron chi connectivity index (χ4n) is 2.31. The van der Waals surface area contributed by atoms with Crippen LogP contribution in [-0.4, -0.2) is 5.91 Å². The van der Waals surface area contributed by atoms with Gasteiger partial charge in [-0.3, -0.25) is 4.79 Å². The van der Waals surface area contributed by atoms with E-state index in [9.17, 15) is 4.79 Å². The van der Waals surface area contributed by atoms with Gasteiger partial charge in [0.1, 0.15) is 0 Å². The number of carbonyl (C=O) groups is 1. The quantitative estimate of drug-likeness (QED) is 0.582. The van der Waals surface area contributed by atoms with Crippen molar-refractivity contribution in [2.24, 2.45) is 0 Å². The second kappa shape index (κ2) is 5.92. The normalized spacial score (nSPS) is 14.8. The van der Waals surface area contributed by atoms with Crippen molar-refractivity contribution in [3.63, 3.8) is 0 Å². The van der Waals surface area contributed by atoms with E-state index in [1.165, 1.54) is 0 Å². The smallest absolute Gasteiger partial charge is 0.228 e. The largest absolute Gasteiger partial charge is 0.325 e. The van der Waals surface area contributed by atoms with Crippen LogP contribution < -0.4 is 5.32 Å². The molecule has 3 rings (SSSR count). The number of benzene rings is 2. The Morgan fingerprint density at radius 3 is 2.62 bits per heavy atom. The molecule has 0 fully saturated rings. The first kappa shape index (κ1) is 15.3. The van der Waals surface area contributed by atoms with Gasteiger partial charge in [0.2, 0.25) is 5.91 Å². The van der Waals surface area contributed by atoms with Crippen molar-refractivity contribution in [1.29, 1.82) is 0 Å². The van der Waals surface area contributed by atoms with E-state index in [-0.39, 0.29) is 10.7 Å². The summed E-state index contributed by atoms with van der Waals surface area (Å²) in [6.07, 6.45) is 0.392. The third-order valence-electron chi connectivity index (χ3n) is 3.36. The Morgan fingerprint density at radius 2 is 1.90 bits per heavy atom. The highest BCUT2D eigenvalue weighted by molar-refractivity contribution is 9.10. The van der Waals surface area contributed by atoms with E-state index >= 15 is 0 Å². The van der Waals surface area contributed by atoms with Gasteiger partial charge in [0.15, 0.2) is 0 Å². The second-order valence-corrected chi connectivity index (χ2v) is 7.38. The summed E-state index contributed by atoms with van der Waals surface area (Å²) in [5.41, 5.74) is 3.73. The van der Waals surface area contributed by atoms with Gasteiger partial charge in [0.05, 0.1) is 16.3 Å². The zero-order valence-corrected chi connectivity index (χ0v) is 15.3. The minimum Gasteiger partial charge on any atom is -0.325 e. The van der Waals surface area contributed by atoms with Crippen LogP contribution in [0.25, 0.3) is 0 Å². The SMILES string of the molecule is O=C1Cc2cc(C(Br)c3ccc(Cl)c(Br)c3)c(Cl)cc2N1. The fraction of sp³-hybridized carbons (Fsp3) is 0.133. The van der Waals surface area contributed by atoms with E-state index < -0.39 is 0 Å². The van der Waals surface area contributed by atoms with Crippen LogP contribution in [0.1, 0.15) is 21.5 Å². The average Bonchev–Trinajstić information content (AvgIpc) is 2.79. The molecule has 2 aromatic rings. The van der Waals surface area contributed by atoms with Gasteiger partial charge in [-0.15, -0.1) is 0 Å². The van der Waals surface area contributed by atoms with Gasteiger partial charge < -0.3 is 5.32 Å². The Labute approximate surface area is 149 Å². The number of alkyl halides is 1. The highest BCUT2D eigenvalue weighted by atomic mass is 79.9. The predicted molar refractivity (Wildman–Crippen MR) is 93.7 cm³/mol. The molecule has 1 N–H and O–H groups in total. The van der Waals surface area contributed by atoms with Crippen molar-refractivity contribution in [2.45, 2.75) is 11.2 Å². The molecule has 1 unspecified atom stereocenters. The van der Waals surface area contributed by atoms with Crippen molar-refractivity contribution in [3.8, 4) is 0 Å². The van der Waals surface area contributed by atoms with Crippen molar-refractivity contribution < 1.29 is 4.79 Å². The number of hydrogen-bond donors (Lipinski definition) is 1. The predicted octanol–water partition coefficient (Wildman–Crippen LogP) is 5.73. The maximum Gasteiger partial charge on any atom is 0.228 e. The number of fused-ring (bicyclic) bond motifs is 1. The molecule has 1 aliphatic rings. The molecule has 21 heavy (non-hydrogen) atoms. The van der Waals surface area contributed by atoms with E-state index in [1.807, 2.05) is 24.3 Å². The summed E-state index contributed by atoms with van der Waals surface area (Å²) in [4.78, 5) is 11.4. The maximum absolute atomic E-state index is 11.5. The topological polar surface area (TPSA) is 29.1 Å². The number of amides is 1. The maximum atomic E-state index is 11.5. The molecular formula is C15H9Br2Cl2NO. The summed E-state index contributed by atoms with van der Waals surface area (Å²) in [6, 6.07) is 9.50. The van der Waals surface area contributed by atoms with E-state index in [4.69, 9.17) is 23.2 Å². The minimum atomic E-state index is -0.0698. The Hall–Kier alpha value is -0.550. The van der Waals surface area contributed by atoms with Gasteiger partial charge in [-0.1, -0.05) is 51.3 Å². The molecule has 1 atom stereocenters. The summed E-state index contributed by atoms with van der Waals surface area (Å²) in [7, 11) is 0. The van der Waals surface area contributed by atoms with Gasteiger partial charge in [0.25, 0.3) is 0 Å². The second-order valence-electron chi connectivity index (χ2n) is 4.79. The molecule has 0 radical (unpaired) electrons.